The summed E-state index contributed by atoms with van der Waals surface area (Å²) < 4.78 is 19.0. The number of piperidine rings is 1. The summed E-state index contributed by atoms with van der Waals surface area (Å²) in [5.41, 5.74) is 2.19. The third-order valence-electron chi connectivity index (χ3n) is 7.17. The van der Waals surface area contributed by atoms with Crippen LogP contribution in [0.3, 0.4) is 0 Å². The van der Waals surface area contributed by atoms with Crippen molar-refractivity contribution in [2.24, 2.45) is 5.41 Å². The molecule has 1 N–H and O–H groups in total. The molecule has 1 saturated heterocycles. The molecule has 0 unspecified atom stereocenters. The number of likely N-dealkylation sites (tertiary alicyclic amines) is 1. The van der Waals surface area contributed by atoms with Crippen LogP contribution < -0.4 is 4.74 Å². The van der Waals surface area contributed by atoms with Crippen molar-refractivity contribution in [1.82, 2.24) is 9.88 Å². The molecule has 1 aliphatic heterocycles. The van der Waals surface area contributed by atoms with Gasteiger partial charge in [-0.3, -0.25) is 14.7 Å². The van der Waals surface area contributed by atoms with Gasteiger partial charge in [0.25, 0.3) is 0 Å². The van der Waals surface area contributed by atoms with Crippen LogP contribution in [0.2, 0.25) is 10.0 Å². The van der Waals surface area contributed by atoms with Crippen molar-refractivity contribution in [3.63, 3.8) is 0 Å². The van der Waals surface area contributed by atoms with Crippen LogP contribution in [0.4, 0.5) is 4.39 Å². The maximum atomic E-state index is 13.6. The Balaban J connectivity index is 1.38. The van der Waals surface area contributed by atoms with Crippen molar-refractivity contribution in [1.29, 1.82) is 0 Å². The zero-order valence-electron chi connectivity index (χ0n) is 20.7. The summed E-state index contributed by atoms with van der Waals surface area (Å²) in [5, 5.41) is 11.3. The molecule has 3 aromatic rings. The minimum absolute atomic E-state index is 0.0791. The van der Waals surface area contributed by atoms with Crippen molar-refractivity contribution < 1.29 is 19.0 Å². The molecule has 1 aliphatic rings. The van der Waals surface area contributed by atoms with Gasteiger partial charge in [0.15, 0.2) is 0 Å². The van der Waals surface area contributed by atoms with Crippen molar-refractivity contribution in [2.45, 2.75) is 38.5 Å². The smallest absolute Gasteiger partial charge is 0.303 e. The number of fused-ring (bicyclic) bond motifs is 1. The number of halogens is 3. The Morgan fingerprint density at radius 3 is 2.68 bits per heavy atom. The molecule has 0 saturated carbocycles. The summed E-state index contributed by atoms with van der Waals surface area (Å²) in [6.45, 7) is 2.09. The van der Waals surface area contributed by atoms with Gasteiger partial charge in [0.05, 0.1) is 35.6 Å². The van der Waals surface area contributed by atoms with Gasteiger partial charge in [0.1, 0.15) is 11.6 Å². The second-order valence-electron chi connectivity index (χ2n) is 9.60. The molecule has 1 fully saturated rings. The Hall–Kier alpha value is -2.85. The normalized spacial score (nSPS) is 15.2. The fraction of sp³-hybridized carbons (Fsp3) is 0.379. The lowest BCUT2D eigenvalue weighted by Crippen LogP contribution is -2.41. The largest absolute Gasteiger partial charge is 0.497 e. The molecule has 0 bridgehead atoms. The van der Waals surface area contributed by atoms with E-state index in [0.717, 1.165) is 67.4 Å². The number of carboxylic acid groups (broad SMARTS) is 1. The van der Waals surface area contributed by atoms with E-state index in [4.69, 9.17) is 27.9 Å². The molecule has 0 atom stereocenters. The summed E-state index contributed by atoms with van der Waals surface area (Å²) in [6, 6.07) is 10.3. The molecular weight excluding hydrogens is 514 g/mol. The van der Waals surface area contributed by atoms with Gasteiger partial charge in [-0.25, -0.2) is 4.39 Å². The maximum absolute atomic E-state index is 13.6. The minimum atomic E-state index is -0.768. The average molecular weight is 543 g/mol. The van der Waals surface area contributed by atoms with Crippen LogP contribution in [0, 0.1) is 23.1 Å². The summed E-state index contributed by atoms with van der Waals surface area (Å²) in [4.78, 5) is 18.4. The highest BCUT2D eigenvalue weighted by atomic mass is 35.5. The third-order valence-corrected chi connectivity index (χ3v) is 7.80. The van der Waals surface area contributed by atoms with E-state index in [2.05, 4.69) is 21.7 Å². The molecule has 2 heterocycles. The van der Waals surface area contributed by atoms with Gasteiger partial charge in [-0.15, -0.1) is 0 Å². The highest BCUT2D eigenvalue weighted by molar-refractivity contribution is 6.32. The van der Waals surface area contributed by atoms with E-state index in [-0.39, 0.29) is 16.9 Å². The van der Waals surface area contributed by atoms with E-state index in [0.29, 0.717) is 17.1 Å². The van der Waals surface area contributed by atoms with Crippen LogP contribution in [-0.4, -0.2) is 47.7 Å². The fourth-order valence-corrected chi connectivity index (χ4v) is 5.43. The molecule has 1 aromatic heterocycles. The van der Waals surface area contributed by atoms with Crippen LogP contribution in [0.25, 0.3) is 10.9 Å². The first-order valence-electron chi connectivity index (χ1n) is 12.3. The Kier molecular flexibility index (Phi) is 8.91. The summed E-state index contributed by atoms with van der Waals surface area (Å²) >= 11 is 12.3. The monoisotopic (exact) mass is 542 g/mol. The molecule has 5 nitrogen and oxygen atoms in total. The van der Waals surface area contributed by atoms with Crippen molar-refractivity contribution in [3.8, 4) is 17.6 Å². The number of carbonyl (C=O) groups is 1. The number of benzene rings is 2. The van der Waals surface area contributed by atoms with Crippen molar-refractivity contribution in [2.75, 3.05) is 26.7 Å². The highest BCUT2D eigenvalue weighted by Gasteiger charge is 2.36. The average Bonchev–Trinajstić information content (AvgIpc) is 2.88. The van der Waals surface area contributed by atoms with Gasteiger partial charge in [-0.2, -0.15) is 0 Å². The van der Waals surface area contributed by atoms with E-state index in [1.54, 1.807) is 19.4 Å². The number of aliphatic carboxylic acids is 1. The fourth-order valence-electron chi connectivity index (χ4n) is 5.07. The lowest BCUT2D eigenvalue weighted by molar-refractivity contribution is -0.140. The van der Waals surface area contributed by atoms with Gasteiger partial charge in [0.2, 0.25) is 0 Å². The first-order valence-corrected chi connectivity index (χ1v) is 13.0. The highest BCUT2D eigenvalue weighted by Crippen LogP contribution is 2.40. The number of nitrogens with zero attached hydrogens (tertiary/aromatic N) is 2. The van der Waals surface area contributed by atoms with Gasteiger partial charge in [0, 0.05) is 17.1 Å². The zero-order valence-corrected chi connectivity index (χ0v) is 22.2. The Morgan fingerprint density at radius 1 is 1.19 bits per heavy atom. The number of carboxylic acids is 1. The van der Waals surface area contributed by atoms with E-state index in [9.17, 15) is 14.3 Å². The number of aryl methyl sites for hydroxylation is 1. The number of pyridine rings is 1. The molecule has 0 aliphatic carbocycles. The number of aromatic nitrogens is 1. The molecule has 8 heteroatoms. The molecule has 0 radical (unpaired) electrons. The zero-order chi connectivity index (χ0) is 26.4. The van der Waals surface area contributed by atoms with Crippen LogP contribution in [0.5, 0.6) is 5.75 Å². The van der Waals surface area contributed by atoms with E-state index in [1.807, 2.05) is 18.2 Å². The topological polar surface area (TPSA) is 62.7 Å². The minimum Gasteiger partial charge on any atom is -0.497 e. The molecule has 194 valence electrons. The molecule has 0 spiro atoms. The van der Waals surface area contributed by atoms with Crippen LogP contribution in [0.15, 0.2) is 42.6 Å². The van der Waals surface area contributed by atoms with E-state index >= 15 is 0 Å². The summed E-state index contributed by atoms with van der Waals surface area (Å²) in [5.74, 6) is 5.58. The first-order chi connectivity index (χ1) is 17.8. The molecule has 37 heavy (non-hydrogen) atoms. The molecule has 0 amide bonds. The standard InChI is InChI=1S/C29H29Cl2FN2O3/c1-37-21-7-9-27-23(17-21)22(25(31)19-33-27)5-2-10-29(18-28(35)36)11-14-34(15-12-29)13-3-4-20-6-8-24(30)26(32)16-20/h6-9,16-17,19H,2,5,10-15,18H2,1H3,(H,35,36). The Morgan fingerprint density at radius 2 is 1.97 bits per heavy atom. The van der Waals surface area contributed by atoms with Crippen molar-refractivity contribution >= 4 is 40.1 Å². The van der Waals surface area contributed by atoms with Gasteiger partial charge < -0.3 is 9.84 Å². The number of ether oxygens (including phenoxy) is 1. The SMILES string of the molecule is COc1ccc2ncc(Cl)c(CCCC3(CC(=O)O)CCN(CC#Cc4ccc(Cl)c(F)c4)CC3)c2c1. The predicted molar refractivity (Wildman–Crippen MR) is 145 cm³/mol. The second-order valence-corrected chi connectivity index (χ2v) is 10.4. The van der Waals surface area contributed by atoms with Gasteiger partial charge >= 0.3 is 5.97 Å². The number of hydrogen-bond donors (Lipinski definition) is 1. The maximum Gasteiger partial charge on any atom is 0.303 e. The van der Waals surface area contributed by atoms with Gasteiger partial charge in [-0.1, -0.05) is 35.0 Å². The number of hydrogen-bond acceptors (Lipinski definition) is 4. The van der Waals surface area contributed by atoms with E-state index < -0.39 is 11.8 Å². The molecular formula is C29H29Cl2FN2O3. The van der Waals surface area contributed by atoms with Crippen LogP contribution >= 0.6 is 23.2 Å². The predicted octanol–water partition coefficient (Wildman–Crippen LogP) is 6.62. The van der Waals surface area contributed by atoms with Crippen molar-refractivity contribution in [3.05, 3.63) is 69.6 Å². The quantitative estimate of drug-likeness (QED) is 0.324. The Labute approximate surface area is 226 Å². The second kappa shape index (κ2) is 12.1. The molecule has 2 aromatic carbocycles. The number of methoxy groups -OCH3 is 1. The first kappa shape index (κ1) is 27.2. The number of rotatable bonds is 8. The Bertz CT molecular complexity index is 1340. The van der Waals surface area contributed by atoms with Crippen LogP contribution in [0.1, 0.15) is 43.2 Å². The van der Waals surface area contributed by atoms with E-state index in [1.165, 1.54) is 12.1 Å². The lowest BCUT2D eigenvalue weighted by Gasteiger charge is -2.40. The molecule has 4 rings (SSSR count). The summed E-state index contributed by atoms with van der Waals surface area (Å²) in [7, 11) is 1.63. The lowest BCUT2D eigenvalue weighted by atomic mass is 9.72. The van der Waals surface area contributed by atoms with Crippen LogP contribution in [-0.2, 0) is 11.2 Å². The third kappa shape index (κ3) is 6.93. The summed E-state index contributed by atoms with van der Waals surface area (Å²) in [6.07, 6.45) is 5.76. The van der Waals surface area contributed by atoms with Gasteiger partial charge in [-0.05, 0) is 92.6 Å².